The highest BCUT2D eigenvalue weighted by Gasteiger charge is 2.25. The fraction of sp³-hybridized carbons (Fsp3) is 0.600. The molecule has 2 N–H and O–H groups in total. The molecule has 4 nitrogen and oxygen atoms in total. The van der Waals surface area contributed by atoms with Crippen molar-refractivity contribution >= 4 is 0 Å². The zero-order chi connectivity index (χ0) is 13.7. The molecule has 1 saturated heterocycles. The van der Waals surface area contributed by atoms with Crippen LogP contribution in [0.2, 0.25) is 0 Å². The number of nitrogens with two attached hydrogens (primary N) is 1. The molecule has 0 aromatic heterocycles. The van der Waals surface area contributed by atoms with E-state index in [2.05, 4.69) is 28.9 Å². The molecule has 0 bridgehead atoms. The van der Waals surface area contributed by atoms with Gasteiger partial charge in [0.2, 0.25) is 0 Å². The maximum atomic E-state index is 6.02. The molecule has 1 aromatic carbocycles. The van der Waals surface area contributed by atoms with E-state index in [1.54, 1.807) is 7.11 Å². The monoisotopic (exact) mass is 263 g/mol. The zero-order valence-electron chi connectivity index (χ0n) is 12.0. The van der Waals surface area contributed by atoms with Gasteiger partial charge in [-0.15, -0.1) is 0 Å². The summed E-state index contributed by atoms with van der Waals surface area (Å²) in [4.78, 5) is 4.95. The third-order valence-corrected chi connectivity index (χ3v) is 4.02. The molecule has 1 heterocycles. The molecule has 0 spiro atoms. The summed E-state index contributed by atoms with van der Waals surface area (Å²) in [7, 11) is 1.72. The summed E-state index contributed by atoms with van der Waals surface area (Å²) >= 11 is 0. The molecule has 0 saturated carbocycles. The van der Waals surface area contributed by atoms with Gasteiger partial charge in [-0.1, -0.05) is 25.1 Å². The van der Waals surface area contributed by atoms with E-state index >= 15 is 0 Å². The molecular weight excluding hydrogens is 238 g/mol. The van der Waals surface area contributed by atoms with Crippen LogP contribution in [0.3, 0.4) is 0 Å². The number of benzene rings is 1. The minimum atomic E-state index is 0.259. The van der Waals surface area contributed by atoms with Crippen molar-refractivity contribution in [3.63, 3.8) is 0 Å². The van der Waals surface area contributed by atoms with Crippen LogP contribution >= 0.6 is 0 Å². The molecule has 1 aliphatic rings. The molecule has 4 heteroatoms. The van der Waals surface area contributed by atoms with Crippen molar-refractivity contribution in [3.05, 3.63) is 29.8 Å². The van der Waals surface area contributed by atoms with Crippen molar-refractivity contribution in [2.45, 2.75) is 13.0 Å². The molecule has 0 amide bonds. The van der Waals surface area contributed by atoms with Crippen molar-refractivity contribution in [3.8, 4) is 5.75 Å². The quantitative estimate of drug-likeness (QED) is 0.870. The van der Waals surface area contributed by atoms with Crippen LogP contribution < -0.4 is 10.5 Å². The van der Waals surface area contributed by atoms with E-state index in [4.69, 9.17) is 10.5 Å². The summed E-state index contributed by atoms with van der Waals surface area (Å²) in [5.74, 6) is 0.941. The predicted molar refractivity (Wildman–Crippen MR) is 78.5 cm³/mol. The van der Waals surface area contributed by atoms with Gasteiger partial charge in [0.25, 0.3) is 0 Å². The molecule has 0 radical (unpaired) electrons. The average Bonchev–Trinajstić information content (AvgIpc) is 2.49. The Morgan fingerprint density at radius 1 is 1.21 bits per heavy atom. The van der Waals surface area contributed by atoms with Crippen LogP contribution in [0.5, 0.6) is 5.75 Å². The zero-order valence-corrected chi connectivity index (χ0v) is 12.0. The Labute approximate surface area is 116 Å². The fourth-order valence-corrected chi connectivity index (χ4v) is 2.81. The number of hydrogen-bond acceptors (Lipinski definition) is 4. The maximum Gasteiger partial charge on any atom is 0.123 e. The van der Waals surface area contributed by atoms with Crippen LogP contribution in [0.25, 0.3) is 0 Å². The van der Waals surface area contributed by atoms with Crippen LogP contribution in [-0.2, 0) is 0 Å². The summed E-state index contributed by atoms with van der Waals surface area (Å²) in [5.41, 5.74) is 7.22. The SMILES string of the molecule is CCN1CCN([C@@H](CN)c2ccccc2OC)CC1. The second kappa shape index (κ2) is 6.89. The van der Waals surface area contributed by atoms with Crippen molar-refractivity contribution in [2.24, 2.45) is 5.73 Å². The van der Waals surface area contributed by atoms with Crippen molar-refractivity contribution < 1.29 is 4.74 Å². The van der Waals surface area contributed by atoms with Gasteiger partial charge < -0.3 is 15.4 Å². The molecule has 19 heavy (non-hydrogen) atoms. The standard InChI is InChI=1S/C15H25N3O/c1-3-17-8-10-18(11-9-17)14(12-16)13-6-4-5-7-15(13)19-2/h4-7,14H,3,8-12,16H2,1-2H3/t14-/m0/s1. The summed E-state index contributed by atoms with van der Waals surface area (Å²) in [6.07, 6.45) is 0. The Morgan fingerprint density at radius 2 is 1.89 bits per heavy atom. The Morgan fingerprint density at radius 3 is 2.47 bits per heavy atom. The summed E-state index contributed by atoms with van der Waals surface area (Å²) < 4.78 is 5.47. The number of para-hydroxylation sites is 1. The van der Waals surface area contributed by atoms with Crippen molar-refractivity contribution in [2.75, 3.05) is 46.4 Å². The van der Waals surface area contributed by atoms with Crippen molar-refractivity contribution in [1.82, 2.24) is 9.80 Å². The second-order valence-electron chi connectivity index (χ2n) is 4.96. The van der Waals surface area contributed by atoms with Crippen molar-refractivity contribution in [1.29, 1.82) is 0 Å². The lowest BCUT2D eigenvalue weighted by molar-refractivity contribution is 0.101. The average molecular weight is 263 g/mol. The van der Waals surface area contributed by atoms with E-state index in [0.717, 1.165) is 38.5 Å². The lowest BCUT2D eigenvalue weighted by Gasteiger charge is -2.39. The molecule has 1 atom stereocenters. The molecule has 106 valence electrons. The van der Waals surface area contributed by atoms with Gasteiger partial charge in [0.05, 0.1) is 13.2 Å². The number of hydrogen-bond donors (Lipinski definition) is 1. The highest BCUT2D eigenvalue weighted by Crippen LogP contribution is 2.29. The topological polar surface area (TPSA) is 41.7 Å². The van der Waals surface area contributed by atoms with E-state index in [-0.39, 0.29) is 6.04 Å². The van der Waals surface area contributed by atoms with Crippen LogP contribution in [-0.4, -0.2) is 56.2 Å². The maximum absolute atomic E-state index is 6.02. The van der Waals surface area contributed by atoms with Gasteiger partial charge in [0.15, 0.2) is 0 Å². The van der Waals surface area contributed by atoms with Gasteiger partial charge >= 0.3 is 0 Å². The van der Waals surface area contributed by atoms with Gasteiger partial charge in [-0.25, -0.2) is 0 Å². The molecule has 1 aliphatic heterocycles. The van der Waals surface area contributed by atoms with Gasteiger partial charge in [0.1, 0.15) is 5.75 Å². The number of rotatable bonds is 5. The Balaban J connectivity index is 2.12. The lowest BCUT2D eigenvalue weighted by atomic mass is 10.0. The number of methoxy groups -OCH3 is 1. The van der Waals surface area contributed by atoms with E-state index in [9.17, 15) is 0 Å². The van der Waals surface area contributed by atoms with Crippen LogP contribution in [0, 0.1) is 0 Å². The Hall–Kier alpha value is -1.10. The largest absolute Gasteiger partial charge is 0.496 e. The first-order valence-corrected chi connectivity index (χ1v) is 7.09. The van der Waals surface area contributed by atoms with Gasteiger partial charge in [0, 0.05) is 38.3 Å². The normalized spacial score (nSPS) is 19.3. The van der Waals surface area contributed by atoms with E-state index in [0.29, 0.717) is 6.54 Å². The third-order valence-electron chi connectivity index (χ3n) is 4.02. The first-order chi connectivity index (χ1) is 9.30. The van der Waals surface area contributed by atoms with E-state index in [1.807, 2.05) is 12.1 Å². The van der Waals surface area contributed by atoms with E-state index in [1.165, 1.54) is 5.56 Å². The smallest absolute Gasteiger partial charge is 0.123 e. The molecule has 1 aromatic rings. The molecular formula is C15H25N3O. The predicted octanol–water partition coefficient (Wildman–Crippen LogP) is 1.33. The summed E-state index contributed by atoms with van der Waals surface area (Å²) in [6, 6.07) is 8.46. The molecule has 2 rings (SSSR count). The minimum absolute atomic E-state index is 0.259. The highest BCUT2D eigenvalue weighted by atomic mass is 16.5. The number of ether oxygens (including phenoxy) is 1. The minimum Gasteiger partial charge on any atom is -0.496 e. The first-order valence-electron chi connectivity index (χ1n) is 7.09. The Kier molecular flexibility index (Phi) is 5.19. The lowest BCUT2D eigenvalue weighted by Crippen LogP contribution is -2.48. The number of nitrogens with zero attached hydrogens (tertiary/aromatic N) is 2. The highest BCUT2D eigenvalue weighted by molar-refractivity contribution is 5.36. The number of likely N-dealkylation sites (N-methyl/N-ethyl adjacent to an activating group) is 1. The number of piperazine rings is 1. The van der Waals surface area contributed by atoms with Gasteiger partial charge in [-0.2, -0.15) is 0 Å². The fourth-order valence-electron chi connectivity index (χ4n) is 2.81. The van der Waals surface area contributed by atoms with Crippen LogP contribution in [0.15, 0.2) is 24.3 Å². The van der Waals surface area contributed by atoms with Crippen LogP contribution in [0.1, 0.15) is 18.5 Å². The first kappa shape index (κ1) is 14.3. The molecule has 1 fully saturated rings. The summed E-state index contributed by atoms with van der Waals surface area (Å²) in [5, 5.41) is 0. The molecule has 0 aliphatic carbocycles. The Bertz CT molecular complexity index is 389. The summed E-state index contributed by atoms with van der Waals surface area (Å²) in [6.45, 7) is 8.39. The second-order valence-corrected chi connectivity index (χ2v) is 4.96. The third kappa shape index (κ3) is 3.26. The van der Waals surface area contributed by atoms with Gasteiger partial charge in [-0.05, 0) is 12.6 Å². The molecule has 0 unspecified atom stereocenters. The van der Waals surface area contributed by atoms with E-state index < -0.39 is 0 Å². The van der Waals surface area contributed by atoms with Gasteiger partial charge in [-0.3, -0.25) is 4.90 Å². The van der Waals surface area contributed by atoms with Crippen LogP contribution in [0.4, 0.5) is 0 Å².